The minimum Gasteiger partial charge on any atom is -0.481 e. The Labute approximate surface area is 152 Å². The molecule has 0 aromatic heterocycles. The molecule has 0 bridgehead atoms. The third-order valence-electron chi connectivity index (χ3n) is 3.22. The van der Waals surface area contributed by atoms with Crippen molar-refractivity contribution in [2.75, 3.05) is 0 Å². The first-order chi connectivity index (χ1) is 11.5. The molecule has 0 heterocycles. The molecule has 1 unspecified atom stereocenters. The quantitative estimate of drug-likeness (QED) is 0.730. The van der Waals surface area contributed by atoms with Crippen molar-refractivity contribution >= 4 is 39.6 Å². The van der Waals surface area contributed by atoms with Crippen molar-refractivity contribution in [3.8, 4) is 0 Å². The topological polar surface area (TPSA) is 75.6 Å². The minimum absolute atomic E-state index is 0.105. The van der Waals surface area contributed by atoms with E-state index >= 15 is 0 Å². The van der Waals surface area contributed by atoms with E-state index < -0.39 is 18.1 Å². The van der Waals surface area contributed by atoms with Crippen LogP contribution in [0, 0.1) is 0 Å². The van der Waals surface area contributed by atoms with Gasteiger partial charge in [-0.1, -0.05) is 63.9 Å². The summed E-state index contributed by atoms with van der Waals surface area (Å²) in [5, 5.41) is 12.2. The fraction of sp³-hybridized carbons (Fsp3) is 0.176. The van der Waals surface area contributed by atoms with Gasteiger partial charge in [0.15, 0.2) is 0 Å². The Balaban J connectivity index is 2.05. The van der Waals surface area contributed by atoms with Crippen LogP contribution in [0.2, 0.25) is 5.02 Å². The van der Waals surface area contributed by atoms with E-state index in [-0.39, 0.29) is 13.0 Å². The van der Waals surface area contributed by atoms with Crippen molar-refractivity contribution in [3.63, 3.8) is 0 Å². The second-order valence-electron chi connectivity index (χ2n) is 5.02. The molecular weight excluding hydrogens is 398 g/mol. The van der Waals surface area contributed by atoms with Gasteiger partial charge in [-0.3, -0.25) is 4.79 Å². The summed E-state index contributed by atoms with van der Waals surface area (Å²) in [6.07, 6.45) is -0.965. The van der Waals surface area contributed by atoms with Crippen LogP contribution in [-0.2, 0) is 16.1 Å². The molecule has 126 valence electrons. The lowest BCUT2D eigenvalue weighted by molar-refractivity contribution is -0.137. The molecule has 2 rings (SSSR count). The largest absolute Gasteiger partial charge is 0.481 e. The highest BCUT2D eigenvalue weighted by Gasteiger charge is 2.21. The Morgan fingerprint density at radius 2 is 1.92 bits per heavy atom. The molecule has 0 saturated carbocycles. The maximum atomic E-state index is 12.0. The first-order valence-electron chi connectivity index (χ1n) is 7.09. The average Bonchev–Trinajstić information content (AvgIpc) is 2.53. The number of amides is 1. The van der Waals surface area contributed by atoms with Crippen LogP contribution in [0.5, 0.6) is 0 Å². The summed E-state index contributed by atoms with van der Waals surface area (Å²) in [4.78, 5) is 23.1. The van der Waals surface area contributed by atoms with Crippen molar-refractivity contribution in [1.29, 1.82) is 0 Å². The normalized spacial score (nSPS) is 11.6. The van der Waals surface area contributed by atoms with Crippen LogP contribution in [0.25, 0.3) is 0 Å². The van der Waals surface area contributed by atoms with Gasteiger partial charge in [0.1, 0.15) is 6.61 Å². The number of rotatable bonds is 6. The number of hydrogen-bond acceptors (Lipinski definition) is 3. The van der Waals surface area contributed by atoms with Crippen LogP contribution in [-0.4, -0.2) is 17.2 Å². The molecular formula is C17H15BrClNO4. The van der Waals surface area contributed by atoms with Gasteiger partial charge in [0.25, 0.3) is 0 Å². The maximum Gasteiger partial charge on any atom is 0.407 e. The van der Waals surface area contributed by atoms with Gasteiger partial charge in [0.05, 0.1) is 12.5 Å². The average molecular weight is 413 g/mol. The van der Waals surface area contributed by atoms with E-state index in [2.05, 4.69) is 21.2 Å². The molecule has 1 atom stereocenters. The molecule has 7 heteroatoms. The molecule has 0 aliphatic rings. The number of halogens is 2. The highest BCUT2D eigenvalue weighted by Crippen LogP contribution is 2.28. The number of carbonyl (C=O) groups is 2. The van der Waals surface area contributed by atoms with E-state index in [4.69, 9.17) is 21.4 Å². The molecule has 0 aliphatic heterocycles. The van der Waals surface area contributed by atoms with Gasteiger partial charge in [-0.15, -0.1) is 0 Å². The fourth-order valence-corrected chi connectivity index (χ4v) is 3.06. The van der Waals surface area contributed by atoms with Gasteiger partial charge in [0.2, 0.25) is 0 Å². The van der Waals surface area contributed by atoms with E-state index in [1.54, 1.807) is 18.2 Å². The number of nitrogens with one attached hydrogen (secondary N) is 1. The van der Waals surface area contributed by atoms with Crippen LogP contribution in [0.1, 0.15) is 23.6 Å². The predicted molar refractivity (Wildman–Crippen MR) is 93.9 cm³/mol. The summed E-state index contributed by atoms with van der Waals surface area (Å²) in [5.41, 5.74) is 1.45. The third-order valence-corrected chi connectivity index (χ3v) is 4.14. The zero-order valence-corrected chi connectivity index (χ0v) is 14.9. The number of hydrogen-bond donors (Lipinski definition) is 2. The SMILES string of the molecule is O=C(O)CC(NC(=O)OCc1ccccc1)c1ccc(Cl)cc1Br. The summed E-state index contributed by atoms with van der Waals surface area (Å²) < 4.78 is 5.76. The van der Waals surface area contributed by atoms with Gasteiger partial charge < -0.3 is 15.2 Å². The van der Waals surface area contributed by atoms with Gasteiger partial charge >= 0.3 is 12.1 Å². The van der Waals surface area contributed by atoms with E-state index in [0.717, 1.165) is 5.56 Å². The second-order valence-corrected chi connectivity index (χ2v) is 6.31. The number of alkyl carbamates (subject to hydrolysis) is 1. The molecule has 0 fully saturated rings. The second kappa shape index (κ2) is 8.70. The van der Waals surface area contributed by atoms with Crippen LogP contribution in [0.15, 0.2) is 53.0 Å². The zero-order chi connectivity index (χ0) is 17.5. The van der Waals surface area contributed by atoms with Crippen molar-refractivity contribution in [3.05, 3.63) is 69.2 Å². The van der Waals surface area contributed by atoms with Crippen molar-refractivity contribution in [2.45, 2.75) is 19.1 Å². The first kappa shape index (κ1) is 18.3. The summed E-state index contributed by atoms with van der Waals surface area (Å²) in [7, 11) is 0. The first-order valence-corrected chi connectivity index (χ1v) is 8.27. The molecule has 2 aromatic carbocycles. The van der Waals surface area contributed by atoms with Gasteiger partial charge in [-0.25, -0.2) is 4.79 Å². The summed E-state index contributed by atoms with van der Waals surface area (Å²) in [5.74, 6) is -1.04. The number of benzene rings is 2. The maximum absolute atomic E-state index is 12.0. The zero-order valence-electron chi connectivity index (χ0n) is 12.5. The number of aliphatic carboxylic acids is 1. The highest BCUT2D eigenvalue weighted by atomic mass is 79.9. The molecule has 2 N–H and O–H groups in total. The van der Waals surface area contributed by atoms with Gasteiger partial charge in [-0.05, 0) is 23.3 Å². The summed E-state index contributed by atoms with van der Waals surface area (Å²) in [6.45, 7) is 0.105. The Bertz CT molecular complexity index is 724. The van der Waals surface area contributed by atoms with Crippen LogP contribution < -0.4 is 5.32 Å². The summed E-state index contributed by atoms with van der Waals surface area (Å²) in [6, 6.07) is 13.4. The van der Waals surface area contributed by atoms with Crippen molar-refractivity contribution in [2.24, 2.45) is 0 Å². The lowest BCUT2D eigenvalue weighted by Crippen LogP contribution is -2.30. The molecule has 0 saturated heterocycles. The molecule has 0 spiro atoms. The van der Waals surface area contributed by atoms with Gasteiger partial charge in [-0.2, -0.15) is 0 Å². The van der Waals surface area contributed by atoms with Gasteiger partial charge in [0, 0.05) is 9.50 Å². The number of carbonyl (C=O) groups excluding carboxylic acids is 1. The highest BCUT2D eigenvalue weighted by molar-refractivity contribution is 9.10. The summed E-state index contributed by atoms with van der Waals surface area (Å²) >= 11 is 9.23. The Kier molecular flexibility index (Phi) is 6.63. The molecule has 2 aromatic rings. The molecule has 5 nitrogen and oxygen atoms in total. The van der Waals surface area contributed by atoms with Crippen LogP contribution >= 0.6 is 27.5 Å². The lowest BCUT2D eigenvalue weighted by atomic mass is 10.0. The monoisotopic (exact) mass is 411 g/mol. The number of carboxylic acids is 1. The van der Waals surface area contributed by atoms with E-state index in [1.807, 2.05) is 30.3 Å². The van der Waals surface area contributed by atoms with E-state index in [9.17, 15) is 9.59 Å². The Hall–Kier alpha value is -2.05. The van der Waals surface area contributed by atoms with E-state index in [1.165, 1.54) is 0 Å². The molecule has 0 radical (unpaired) electrons. The van der Waals surface area contributed by atoms with Crippen LogP contribution in [0.4, 0.5) is 4.79 Å². The van der Waals surface area contributed by atoms with Crippen LogP contribution in [0.3, 0.4) is 0 Å². The van der Waals surface area contributed by atoms with Crippen molar-refractivity contribution < 1.29 is 19.4 Å². The van der Waals surface area contributed by atoms with E-state index in [0.29, 0.717) is 15.1 Å². The predicted octanol–water partition coefficient (Wildman–Crippen LogP) is 4.54. The molecule has 24 heavy (non-hydrogen) atoms. The molecule has 1 amide bonds. The number of carboxylic acid groups (broad SMARTS) is 1. The van der Waals surface area contributed by atoms with Crippen molar-refractivity contribution in [1.82, 2.24) is 5.32 Å². The standard InChI is InChI=1S/C17H15BrClNO4/c18-14-8-12(19)6-7-13(14)15(9-16(21)22)20-17(23)24-10-11-4-2-1-3-5-11/h1-8,15H,9-10H2,(H,20,23)(H,21,22). The fourth-order valence-electron chi connectivity index (χ4n) is 2.10. The minimum atomic E-state index is -1.04. The molecule has 0 aliphatic carbocycles. The Morgan fingerprint density at radius 3 is 2.54 bits per heavy atom. The lowest BCUT2D eigenvalue weighted by Gasteiger charge is -2.19. The third kappa shape index (κ3) is 5.54. The Morgan fingerprint density at radius 1 is 1.21 bits per heavy atom. The smallest absolute Gasteiger partial charge is 0.407 e. The number of ether oxygens (including phenoxy) is 1.